The maximum atomic E-state index is 2.46. The predicted octanol–water partition coefficient (Wildman–Crippen LogP) is 33.9. The molecular weight excluding hydrogens is 1570 g/mol. The minimum Gasteiger partial charge on any atom is -0.310 e. The van der Waals surface area contributed by atoms with Gasteiger partial charge in [0, 0.05) is 137 Å². The predicted molar refractivity (Wildman–Crippen MR) is 551 cm³/mol. The van der Waals surface area contributed by atoms with Crippen LogP contribution < -0.4 is 29.4 Å². The molecule has 130 heavy (non-hydrogen) atoms. The van der Waals surface area contributed by atoms with Gasteiger partial charge in [-0.2, -0.15) is 0 Å². The van der Waals surface area contributed by atoms with Crippen LogP contribution in [0.1, 0.15) is 90.1 Å². The van der Waals surface area contributed by atoms with Crippen LogP contribution in [-0.2, 0) is 0 Å². The molecule has 6 heteroatoms. The molecule has 0 bridgehead atoms. The van der Waals surface area contributed by atoms with Crippen LogP contribution in [-0.4, -0.2) is 0 Å². The summed E-state index contributed by atoms with van der Waals surface area (Å²) in [6, 6.07) is 129. The Bertz CT molecular complexity index is 7150. The maximum Gasteiger partial charge on any atom is 0.0558 e. The number of hydrogen-bond acceptors (Lipinski definition) is 6. The van der Waals surface area contributed by atoms with Crippen molar-refractivity contribution >= 4 is 139 Å². The molecular formula is C124H98N6. The Kier molecular flexibility index (Phi) is 21.3. The number of nitrogens with zero attached hydrogens (tertiary/aromatic N) is 6. The molecule has 0 radical (unpaired) electrons. The number of benzene rings is 15. The van der Waals surface area contributed by atoms with Gasteiger partial charge in [-0.1, -0.05) is 334 Å². The van der Waals surface area contributed by atoms with Crippen LogP contribution in [0.3, 0.4) is 0 Å². The number of anilines is 18. The third kappa shape index (κ3) is 14.7. The Morgan fingerprint density at radius 3 is 0.662 bits per heavy atom. The third-order valence-corrected chi connectivity index (χ3v) is 26.8. The monoisotopic (exact) mass is 1670 g/mol. The molecule has 9 aliphatic rings. The highest BCUT2D eigenvalue weighted by molar-refractivity contribution is 6.01. The lowest BCUT2D eigenvalue weighted by Gasteiger charge is -2.40. The van der Waals surface area contributed by atoms with Gasteiger partial charge in [-0.15, -0.1) is 0 Å². The fourth-order valence-electron chi connectivity index (χ4n) is 21.0. The van der Waals surface area contributed by atoms with E-state index in [2.05, 4.69) is 543 Å². The SMILES string of the molecule is C1=CC2C=Cc3c(N(c4ccccc4)c4ccccc4)cc(N(c4ccccc4)c4ccccc4)c4c3C2C(=C1)C=C4.Cc1cccc(N(c2ccccc2)c2cc(N(c3ccccc3)c3cccc(C)c3)c3c4c2C=CC2=CC=CC(C=C3)C24)c1.Cc1ccccc1N(c1ccccc1)c1cc(N(c2ccccc2)c2ccccc2C)c2c3c1C=CC1=CC=CC(C=C2)C13. The summed E-state index contributed by atoms with van der Waals surface area (Å²) in [5, 5.41) is 0. The van der Waals surface area contributed by atoms with Crippen molar-refractivity contribution < 1.29 is 0 Å². The molecule has 0 saturated heterocycles. The van der Waals surface area contributed by atoms with Gasteiger partial charge in [0.2, 0.25) is 0 Å². The van der Waals surface area contributed by atoms with Gasteiger partial charge in [0.25, 0.3) is 0 Å². The molecule has 0 amide bonds. The first-order valence-electron chi connectivity index (χ1n) is 45.5. The summed E-state index contributed by atoms with van der Waals surface area (Å²) in [4.78, 5) is 14.6. The summed E-state index contributed by atoms with van der Waals surface area (Å²) in [5.41, 5.74) is 41.9. The topological polar surface area (TPSA) is 19.4 Å². The summed E-state index contributed by atoms with van der Waals surface area (Å²) in [5.74, 6) is 1.86. The first-order valence-corrected chi connectivity index (χ1v) is 45.5. The second-order valence-corrected chi connectivity index (χ2v) is 34.8. The van der Waals surface area contributed by atoms with E-state index in [0.717, 1.165) is 56.9 Å². The molecule has 0 aromatic heterocycles. The Morgan fingerprint density at radius 1 is 0.177 bits per heavy atom. The molecule has 0 saturated carbocycles. The molecule has 0 aliphatic heterocycles. The lowest BCUT2D eigenvalue weighted by atomic mass is 9.68. The highest BCUT2D eigenvalue weighted by atomic mass is 15.2. The summed E-state index contributed by atoms with van der Waals surface area (Å²) in [7, 11) is 0. The largest absolute Gasteiger partial charge is 0.310 e. The maximum absolute atomic E-state index is 2.46. The first kappa shape index (κ1) is 79.9. The van der Waals surface area contributed by atoms with Crippen LogP contribution in [0.5, 0.6) is 0 Å². The van der Waals surface area contributed by atoms with Crippen LogP contribution in [0.25, 0.3) is 36.5 Å². The Hall–Kier alpha value is -16.0. The third-order valence-electron chi connectivity index (χ3n) is 26.8. The van der Waals surface area contributed by atoms with E-state index in [9.17, 15) is 0 Å². The van der Waals surface area contributed by atoms with Gasteiger partial charge in [-0.25, -0.2) is 0 Å². The Morgan fingerprint density at radius 2 is 0.400 bits per heavy atom. The molecule has 0 fully saturated rings. The van der Waals surface area contributed by atoms with E-state index < -0.39 is 0 Å². The van der Waals surface area contributed by atoms with E-state index in [1.165, 1.54) is 135 Å². The van der Waals surface area contributed by atoms with Gasteiger partial charge in [-0.3, -0.25) is 0 Å². The van der Waals surface area contributed by atoms with Crippen LogP contribution in [0.15, 0.2) is 466 Å². The normalized spacial score (nSPS) is 17.2. The van der Waals surface area contributed by atoms with Crippen molar-refractivity contribution in [3.63, 3.8) is 0 Å². The summed E-state index contributed by atoms with van der Waals surface area (Å²) < 4.78 is 0. The van der Waals surface area contributed by atoms with E-state index in [4.69, 9.17) is 0 Å². The number of hydrogen-bond donors (Lipinski definition) is 0. The molecule has 0 N–H and O–H groups in total. The zero-order chi connectivity index (χ0) is 87.1. The molecule has 6 unspecified atom stereocenters. The van der Waals surface area contributed by atoms with E-state index in [-0.39, 0.29) is 17.8 Å². The zero-order valence-corrected chi connectivity index (χ0v) is 73.3. The summed E-state index contributed by atoms with van der Waals surface area (Å²) in [6.45, 7) is 8.76. The van der Waals surface area contributed by atoms with Crippen molar-refractivity contribution in [2.75, 3.05) is 29.4 Å². The minimum atomic E-state index is 0.280. The smallest absolute Gasteiger partial charge is 0.0558 e. The fraction of sp³-hybridized carbons (Fsp3) is 0.0806. The molecule has 9 aliphatic carbocycles. The minimum absolute atomic E-state index is 0.280. The van der Waals surface area contributed by atoms with Crippen molar-refractivity contribution in [3.8, 4) is 0 Å². The van der Waals surface area contributed by atoms with E-state index in [1.54, 1.807) is 0 Å². The summed E-state index contributed by atoms with van der Waals surface area (Å²) >= 11 is 0. The van der Waals surface area contributed by atoms with E-state index in [1.807, 2.05) is 0 Å². The lowest BCUT2D eigenvalue weighted by Crippen LogP contribution is -2.25. The molecule has 624 valence electrons. The molecule has 24 rings (SSSR count). The van der Waals surface area contributed by atoms with Crippen LogP contribution in [0.2, 0.25) is 0 Å². The van der Waals surface area contributed by atoms with Crippen molar-refractivity contribution in [2.45, 2.75) is 45.4 Å². The van der Waals surface area contributed by atoms with Gasteiger partial charge in [0.1, 0.15) is 0 Å². The van der Waals surface area contributed by atoms with Crippen LogP contribution in [0, 0.1) is 45.4 Å². The fourth-order valence-corrected chi connectivity index (χ4v) is 21.0. The van der Waals surface area contributed by atoms with Crippen LogP contribution >= 0.6 is 0 Å². The van der Waals surface area contributed by atoms with Gasteiger partial charge in [0.05, 0.1) is 34.1 Å². The summed E-state index contributed by atoms with van der Waals surface area (Å²) in [6.07, 6.45) is 48.9. The molecule has 0 heterocycles. The van der Waals surface area contributed by atoms with Crippen LogP contribution in [0.4, 0.5) is 102 Å². The standard InChI is InChI=1S/2C42H34N2.C40H30N2/c1-29-12-9-20-35(26-29)43(33-16-5-3-6-17-33)39-28-40(44(34-18-7-4-8-19-34)36-21-10-13-30(2)27-36)38-25-23-32-15-11-14-31-22-24-37(39)42(38)41(31)32;1-29-14-9-11-22-37(29)43(33-18-5-3-6-19-33)39-28-40(44(34-20-7-4-8-21-34)38-23-12-10-15-30(38)2)36-27-25-32-17-13-16-31-24-26-35(39)42(36)41(31)32;1-5-16-31(17-6-1)41(32-18-7-2-8-19-32)37-28-38(42(33-20-9-3-10-21-33)34-22-11-4-12-23-34)36-27-25-30-15-13-14-29-24-26-35(37)40(36)39(29)30/h2*3-28,31,41H,1-2H3;1-29,39H. The van der Waals surface area contributed by atoms with Gasteiger partial charge in [0.15, 0.2) is 0 Å². The van der Waals surface area contributed by atoms with E-state index >= 15 is 0 Å². The second-order valence-electron chi connectivity index (χ2n) is 34.8. The highest BCUT2D eigenvalue weighted by Crippen LogP contribution is 2.60. The number of para-hydroxylation sites is 10. The van der Waals surface area contributed by atoms with Gasteiger partial charge >= 0.3 is 0 Å². The molecule has 6 atom stereocenters. The van der Waals surface area contributed by atoms with Crippen molar-refractivity contribution in [1.82, 2.24) is 0 Å². The van der Waals surface area contributed by atoms with Gasteiger partial charge < -0.3 is 29.4 Å². The highest BCUT2D eigenvalue weighted by Gasteiger charge is 2.42. The molecule has 6 nitrogen and oxygen atoms in total. The quantitative estimate of drug-likeness (QED) is 0.0847. The van der Waals surface area contributed by atoms with Crippen molar-refractivity contribution in [2.24, 2.45) is 17.8 Å². The average molecular weight is 1670 g/mol. The number of aryl methyl sites for hydroxylation is 4. The lowest BCUT2D eigenvalue weighted by molar-refractivity contribution is 0.664. The van der Waals surface area contributed by atoms with Crippen molar-refractivity contribution in [3.05, 3.63) is 538 Å². The van der Waals surface area contributed by atoms with Crippen molar-refractivity contribution in [1.29, 1.82) is 0 Å². The Labute approximate surface area is 764 Å². The number of allylic oxidation sites excluding steroid dienone is 18. The zero-order valence-electron chi connectivity index (χ0n) is 73.3. The number of rotatable bonds is 18. The first-order chi connectivity index (χ1) is 64.2. The Balaban J connectivity index is 0.000000114. The second kappa shape index (κ2) is 34.7. The average Bonchev–Trinajstić information content (AvgIpc) is 0.726. The molecule has 15 aromatic carbocycles. The molecule has 0 spiro atoms. The van der Waals surface area contributed by atoms with E-state index in [0.29, 0.717) is 17.8 Å². The van der Waals surface area contributed by atoms with Gasteiger partial charge in [-0.05, 0) is 235 Å². The molecule has 15 aromatic rings.